The molecule has 3 aromatic carbocycles. The van der Waals surface area contributed by atoms with Crippen LogP contribution in [0.4, 0.5) is 28.9 Å². The fraction of sp³-hybridized carbons (Fsp3) is 0.129. The van der Waals surface area contributed by atoms with Crippen molar-refractivity contribution in [1.29, 1.82) is 0 Å². The summed E-state index contributed by atoms with van der Waals surface area (Å²) in [6, 6.07) is 12.7. The monoisotopic (exact) mass is 624 g/mol. The molecule has 0 saturated heterocycles. The van der Waals surface area contributed by atoms with E-state index in [1.165, 1.54) is 50.7 Å². The van der Waals surface area contributed by atoms with Crippen molar-refractivity contribution in [3.8, 4) is 23.0 Å². The maximum Gasteiger partial charge on any atom is 0.268 e. The van der Waals surface area contributed by atoms with Crippen LogP contribution in [0.15, 0.2) is 90.8 Å². The number of carbonyl (C=O) groups is 2. The quantitative estimate of drug-likeness (QED) is 0.184. The summed E-state index contributed by atoms with van der Waals surface area (Å²) in [5, 5.41) is 13.6. The number of nitrogens with one attached hydrogen (secondary N) is 1. The van der Waals surface area contributed by atoms with E-state index in [0.717, 1.165) is 34.2 Å². The van der Waals surface area contributed by atoms with Crippen LogP contribution in [0.25, 0.3) is 10.9 Å². The van der Waals surface area contributed by atoms with E-state index in [-0.39, 0.29) is 22.9 Å². The number of aliphatic hydroxyl groups is 1. The fourth-order valence-electron chi connectivity index (χ4n) is 4.51. The summed E-state index contributed by atoms with van der Waals surface area (Å²) in [7, 11) is 2.94. The second-order valence-electron chi connectivity index (χ2n) is 9.47. The number of pyridine rings is 1. The zero-order valence-electron chi connectivity index (χ0n) is 23.6. The Balaban J connectivity index is 1.40. The molecule has 2 heterocycles. The van der Waals surface area contributed by atoms with Crippen molar-refractivity contribution in [3.05, 3.63) is 102 Å². The van der Waals surface area contributed by atoms with Crippen molar-refractivity contribution < 1.29 is 46.5 Å². The van der Waals surface area contributed by atoms with E-state index >= 15 is 4.39 Å². The minimum absolute atomic E-state index is 0.00533. The fourth-order valence-corrected chi connectivity index (χ4v) is 4.51. The summed E-state index contributed by atoms with van der Waals surface area (Å²) in [6.07, 6.45) is -0.996. The van der Waals surface area contributed by atoms with E-state index in [2.05, 4.69) is 10.3 Å². The van der Waals surface area contributed by atoms with Gasteiger partial charge in [0.15, 0.2) is 23.1 Å². The number of anilines is 2. The number of nitrogens with zero attached hydrogens (tertiary/aromatic N) is 3. The van der Waals surface area contributed by atoms with Gasteiger partial charge in [-0.1, -0.05) is 0 Å². The molecule has 0 fully saturated rings. The van der Waals surface area contributed by atoms with Gasteiger partial charge in [-0.05, 0) is 48.5 Å². The number of benzene rings is 3. The molecular weight excluding hydrogens is 600 g/mol. The third kappa shape index (κ3) is 6.50. The molecule has 10 nitrogen and oxygen atoms in total. The Hall–Kier alpha value is -5.63. The number of fused-ring (bicyclic) bond motifs is 1. The molecule has 5 rings (SSSR count). The molecule has 0 bridgehead atoms. The predicted octanol–water partition coefficient (Wildman–Crippen LogP) is 5.55. The third-order valence-electron chi connectivity index (χ3n) is 6.69. The molecular formula is C31H24F4N4O6. The summed E-state index contributed by atoms with van der Waals surface area (Å²) in [5.41, 5.74) is -0.136. The molecule has 45 heavy (non-hydrogen) atoms. The highest BCUT2D eigenvalue weighted by Crippen LogP contribution is 2.37. The van der Waals surface area contributed by atoms with Crippen LogP contribution in [-0.2, 0) is 9.59 Å². The normalized spacial score (nSPS) is 14.6. The van der Waals surface area contributed by atoms with E-state index in [1.807, 2.05) is 0 Å². The standard InChI is InChI=1S/C31H24F4N4O6/c1-43-26-14-20-23(15-27(26)44-2)36-11-9-24(20)45-25-8-5-18(13-22(25)33)37-29(40)21-16-38(12-10-28(34)35)31(42)39(30(21)41)19-6-3-17(32)4-7-19/h3-11,13-16,31,42H,12H2,1-2H3,(H,37,40). The molecule has 2 amide bonds. The molecule has 0 radical (unpaired) electrons. The second-order valence-corrected chi connectivity index (χ2v) is 9.47. The van der Waals surface area contributed by atoms with Crippen molar-refractivity contribution in [2.75, 3.05) is 31.0 Å². The minimum atomic E-state index is -2.05. The Bertz CT molecular complexity index is 1830. The highest BCUT2D eigenvalue weighted by molar-refractivity contribution is 6.27. The van der Waals surface area contributed by atoms with Gasteiger partial charge >= 0.3 is 0 Å². The van der Waals surface area contributed by atoms with Crippen LogP contribution < -0.4 is 24.4 Å². The molecule has 1 aliphatic rings. The first-order valence-electron chi connectivity index (χ1n) is 13.1. The number of aliphatic hydroxyl groups excluding tert-OH is 1. The van der Waals surface area contributed by atoms with Gasteiger partial charge < -0.3 is 29.5 Å². The maximum absolute atomic E-state index is 15.2. The SMILES string of the molecule is COc1cc2nccc(Oc3ccc(NC(=O)C4=CN(CC=C(F)F)C(O)N(c5ccc(F)cc5)C4=O)cc3F)c2cc1OC. The van der Waals surface area contributed by atoms with Crippen molar-refractivity contribution in [2.24, 2.45) is 0 Å². The summed E-state index contributed by atoms with van der Waals surface area (Å²) in [6.45, 7) is -0.575. The smallest absolute Gasteiger partial charge is 0.268 e. The van der Waals surface area contributed by atoms with Crippen LogP contribution in [0.2, 0.25) is 0 Å². The first kappa shape index (κ1) is 30.8. The van der Waals surface area contributed by atoms with Gasteiger partial charge in [0.2, 0.25) is 6.35 Å². The van der Waals surface area contributed by atoms with Gasteiger partial charge in [-0.25, -0.2) is 8.78 Å². The Morgan fingerprint density at radius 3 is 2.36 bits per heavy atom. The van der Waals surface area contributed by atoms with E-state index in [4.69, 9.17) is 14.2 Å². The molecule has 1 unspecified atom stereocenters. The first-order valence-corrected chi connectivity index (χ1v) is 13.1. The number of halogens is 4. The van der Waals surface area contributed by atoms with Crippen molar-refractivity contribution in [2.45, 2.75) is 6.35 Å². The maximum atomic E-state index is 15.2. The lowest BCUT2D eigenvalue weighted by molar-refractivity contribution is -0.124. The molecule has 4 aromatic rings. The van der Waals surface area contributed by atoms with Gasteiger partial charge in [-0.2, -0.15) is 8.78 Å². The van der Waals surface area contributed by atoms with Crippen LogP contribution in [0.1, 0.15) is 0 Å². The van der Waals surface area contributed by atoms with Crippen molar-refractivity contribution in [3.63, 3.8) is 0 Å². The minimum Gasteiger partial charge on any atom is -0.493 e. The topological polar surface area (TPSA) is 113 Å². The lowest BCUT2D eigenvalue weighted by Gasteiger charge is -2.39. The van der Waals surface area contributed by atoms with Crippen LogP contribution >= 0.6 is 0 Å². The molecule has 0 aliphatic carbocycles. The van der Waals surface area contributed by atoms with Gasteiger partial charge in [-0.3, -0.25) is 19.5 Å². The number of hydrogen-bond acceptors (Lipinski definition) is 8. The number of methoxy groups -OCH3 is 2. The van der Waals surface area contributed by atoms with E-state index in [1.54, 1.807) is 12.1 Å². The lowest BCUT2D eigenvalue weighted by Crippen LogP contribution is -2.55. The zero-order valence-corrected chi connectivity index (χ0v) is 23.6. The molecule has 1 aliphatic heterocycles. The molecule has 2 N–H and O–H groups in total. The average Bonchev–Trinajstić information content (AvgIpc) is 3.02. The lowest BCUT2D eigenvalue weighted by atomic mass is 10.1. The molecule has 1 atom stereocenters. The predicted molar refractivity (Wildman–Crippen MR) is 155 cm³/mol. The van der Waals surface area contributed by atoms with Crippen LogP contribution in [0.3, 0.4) is 0 Å². The van der Waals surface area contributed by atoms with E-state index < -0.39 is 48.0 Å². The van der Waals surface area contributed by atoms with Crippen LogP contribution in [0, 0.1) is 11.6 Å². The Labute approximate surface area is 253 Å². The van der Waals surface area contributed by atoms with E-state index in [0.29, 0.717) is 28.5 Å². The number of rotatable bonds is 9. The van der Waals surface area contributed by atoms with Crippen molar-refractivity contribution >= 4 is 34.1 Å². The second kappa shape index (κ2) is 12.9. The summed E-state index contributed by atoms with van der Waals surface area (Å²) < 4.78 is 70.8. The van der Waals surface area contributed by atoms with Crippen LogP contribution in [-0.4, -0.2) is 53.9 Å². The van der Waals surface area contributed by atoms with Crippen LogP contribution in [0.5, 0.6) is 23.0 Å². The van der Waals surface area contributed by atoms with Gasteiger partial charge in [0, 0.05) is 53.9 Å². The Morgan fingerprint density at radius 1 is 0.978 bits per heavy atom. The number of ether oxygens (including phenoxy) is 3. The zero-order chi connectivity index (χ0) is 32.2. The largest absolute Gasteiger partial charge is 0.493 e. The van der Waals surface area contributed by atoms with Crippen molar-refractivity contribution in [1.82, 2.24) is 9.88 Å². The highest BCUT2D eigenvalue weighted by Gasteiger charge is 2.37. The summed E-state index contributed by atoms with van der Waals surface area (Å²) >= 11 is 0. The highest BCUT2D eigenvalue weighted by atomic mass is 19.3. The first-order chi connectivity index (χ1) is 21.6. The molecule has 1 aromatic heterocycles. The van der Waals surface area contributed by atoms with Gasteiger partial charge in [-0.15, -0.1) is 0 Å². The summed E-state index contributed by atoms with van der Waals surface area (Å²) in [5.74, 6) is -2.62. The molecule has 232 valence electrons. The Morgan fingerprint density at radius 2 is 1.69 bits per heavy atom. The third-order valence-corrected chi connectivity index (χ3v) is 6.69. The summed E-state index contributed by atoms with van der Waals surface area (Å²) in [4.78, 5) is 32.4. The molecule has 0 saturated carbocycles. The van der Waals surface area contributed by atoms with E-state index in [9.17, 15) is 27.9 Å². The van der Waals surface area contributed by atoms with Gasteiger partial charge in [0.25, 0.3) is 17.9 Å². The van der Waals surface area contributed by atoms with Gasteiger partial charge in [0.1, 0.15) is 17.1 Å². The molecule has 0 spiro atoms. The molecule has 14 heteroatoms. The average molecular weight is 625 g/mol. The Kier molecular flexibility index (Phi) is 8.86. The number of carbonyl (C=O) groups excluding carboxylic acids is 2. The number of amides is 2. The van der Waals surface area contributed by atoms with Gasteiger partial charge in [0.05, 0.1) is 19.7 Å². The number of hydrogen-bond donors (Lipinski definition) is 2. The number of aromatic nitrogens is 1.